The number of hydrogen-bond acceptors (Lipinski definition) is 5. The van der Waals surface area contributed by atoms with Crippen molar-refractivity contribution in [1.29, 1.82) is 0 Å². The van der Waals surface area contributed by atoms with Crippen molar-refractivity contribution in [1.82, 2.24) is 4.90 Å². The van der Waals surface area contributed by atoms with Gasteiger partial charge in [-0.15, -0.1) is 0 Å². The Hall–Kier alpha value is -3.46. The number of nitrogens with zero attached hydrogens (tertiary/aromatic N) is 2. The molecule has 1 saturated carbocycles. The highest BCUT2D eigenvalue weighted by Gasteiger charge is 2.71. The zero-order valence-corrected chi connectivity index (χ0v) is 24.3. The number of carbonyl (C=O) groups is 3. The number of fused-ring (bicyclic) bond motifs is 3. The van der Waals surface area contributed by atoms with Gasteiger partial charge in [0.2, 0.25) is 11.8 Å². The van der Waals surface area contributed by atoms with Gasteiger partial charge in [-0.05, 0) is 66.8 Å². The van der Waals surface area contributed by atoms with Crippen molar-refractivity contribution in [2.75, 3.05) is 30.4 Å². The number of halogens is 3. The monoisotopic (exact) mass is 607 g/mol. The quantitative estimate of drug-likeness (QED) is 0.360. The molecule has 7 nitrogen and oxygen atoms in total. The summed E-state index contributed by atoms with van der Waals surface area (Å²) in [6.07, 6.45) is 3.17. The van der Waals surface area contributed by atoms with E-state index in [1.165, 1.54) is 13.2 Å². The lowest BCUT2D eigenvalue weighted by Crippen LogP contribution is -2.55. The fourth-order valence-corrected chi connectivity index (χ4v) is 7.87. The molecular formula is C32H28Cl2FN3O4. The Labute approximate surface area is 252 Å². The van der Waals surface area contributed by atoms with E-state index in [4.69, 9.17) is 27.9 Å². The van der Waals surface area contributed by atoms with Gasteiger partial charge in [0.1, 0.15) is 11.4 Å². The lowest BCUT2D eigenvalue weighted by molar-refractivity contribution is -0.128. The Balaban J connectivity index is 1.41. The van der Waals surface area contributed by atoms with Crippen molar-refractivity contribution in [3.05, 3.63) is 93.2 Å². The molecule has 10 heteroatoms. The van der Waals surface area contributed by atoms with Crippen LogP contribution in [-0.4, -0.2) is 48.9 Å². The fraction of sp³-hybridized carbons (Fsp3) is 0.344. The van der Waals surface area contributed by atoms with Crippen LogP contribution in [-0.2, 0) is 19.9 Å². The molecule has 1 spiro atoms. The summed E-state index contributed by atoms with van der Waals surface area (Å²) in [6.45, 7) is 0.905. The van der Waals surface area contributed by atoms with Gasteiger partial charge >= 0.3 is 5.97 Å². The van der Waals surface area contributed by atoms with Gasteiger partial charge in [0.25, 0.3) is 0 Å². The van der Waals surface area contributed by atoms with Gasteiger partial charge in [-0.25, -0.2) is 9.18 Å². The summed E-state index contributed by atoms with van der Waals surface area (Å²) < 4.78 is 20.8. The number of esters is 1. The van der Waals surface area contributed by atoms with E-state index in [0.717, 1.165) is 19.3 Å². The molecule has 0 aromatic heterocycles. The third kappa shape index (κ3) is 3.85. The van der Waals surface area contributed by atoms with Crippen LogP contribution in [0.1, 0.15) is 46.7 Å². The van der Waals surface area contributed by atoms with Crippen molar-refractivity contribution in [3.8, 4) is 0 Å². The first-order valence-corrected chi connectivity index (χ1v) is 14.8. The number of benzene rings is 3. The third-order valence-corrected chi connectivity index (χ3v) is 10.1. The number of methoxy groups -OCH3 is 1. The minimum Gasteiger partial charge on any atom is -0.465 e. The van der Waals surface area contributed by atoms with Gasteiger partial charge in [0, 0.05) is 47.0 Å². The predicted molar refractivity (Wildman–Crippen MR) is 157 cm³/mol. The SMILES string of the molecule is COC(=O)c1ccc(N2C[C@@H]3[C@H](C2=O)[C@@H](c2cccc(Cl)c2F)[C@@]2(C(=O)Nc4cc(Cl)ccc42)N3CC2CCC2)cc1. The summed E-state index contributed by atoms with van der Waals surface area (Å²) in [7, 11) is 1.31. The summed E-state index contributed by atoms with van der Waals surface area (Å²) in [5.74, 6) is -2.82. The van der Waals surface area contributed by atoms with E-state index < -0.39 is 29.2 Å². The molecule has 4 aliphatic rings. The Morgan fingerprint density at radius 2 is 1.86 bits per heavy atom. The molecule has 7 rings (SSSR count). The number of likely N-dealkylation sites (tertiary alicyclic amines) is 1. The number of anilines is 2. The summed E-state index contributed by atoms with van der Waals surface area (Å²) in [6, 6.07) is 16.3. The average molecular weight is 608 g/mol. The van der Waals surface area contributed by atoms with Crippen LogP contribution in [0.3, 0.4) is 0 Å². The molecule has 3 aromatic rings. The van der Waals surface area contributed by atoms with Crippen LogP contribution in [0.4, 0.5) is 15.8 Å². The van der Waals surface area contributed by atoms with Gasteiger partial charge in [-0.2, -0.15) is 0 Å². The van der Waals surface area contributed by atoms with E-state index in [1.807, 2.05) is 6.07 Å². The maximum Gasteiger partial charge on any atom is 0.337 e. The first-order valence-electron chi connectivity index (χ1n) is 14.1. The summed E-state index contributed by atoms with van der Waals surface area (Å²) in [5.41, 5.74) is 1.16. The van der Waals surface area contributed by atoms with E-state index in [9.17, 15) is 14.4 Å². The van der Waals surface area contributed by atoms with Crippen LogP contribution in [0, 0.1) is 17.7 Å². The van der Waals surface area contributed by atoms with Crippen LogP contribution in [0.5, 0.6) is 0 Å². The van der Waals surface area contributed by atoms with Gasteiger partial charge in [0.15, 0.2) is 0 Å². The van der Waals surface area contributed by atoms with Crippen LogP contribution in [0.2, 0.25) is 10.0 Å². The second-order valence-electron chi connectivity index (χ2n) is 11.6. The highest BCUT2D eigenvalue weighted by Crippen LogP contribution is 2.62. The van der Waals surface area contributed by atoms with E-state index in [2.05, 4.69) is 10.2 Å². The number of rotatable bonds is 5. The molecule has 3 aromatic carbocycles. The minimum atomic E-state index is -1.33. The Bertz CT molecular complexity index is 1630. The van der Waals surface area contributed by atoms with E-state index >= 15 is 4.39 Å². The van der Waals surface area contributed by atoms with Crippen LogP contribution in [0.15, 0.2) is 60.7 Å². The van der Waals surface area contributed by atoms with Gasteiger partial charge in [-0.3, -0.25) is 14.5 Å². The van der Waals surface area contributed by atoms with Crippen molar-refractivity contribution >= 4 is 52.4 Å². The number of ether oxygens (including phenoxy) is 1. The number of hydrogen-bond donors (Lipinski definition) is 1. The first kappa shape index (κ1) is 27.4. The molecule has 3 aliphatic heterocycles. The second-order valence-corrected chi connectivity index (χ2v) is 12.4. The third-order valence-electron chi connectivity index (χ3n) is 9.58. The van der Waals surface area contributed by atoms with E-state index in [0.29, 0.717) is 46.5 Å². The molecule has 2 saturated heterocycles. The molecule has 1 aliphatic carbocycles. The summed E-state index contributed by atoms with van der Waals surface area (Å²) in [4.78, 5) is 44.7. The average Bonchev–Trinajstić information content (AvgIpc) is 3.54. The largest absolute Gasteiger partial charge is 0.465 e. The second kappa shape index (κ2) is 10.1. The van der Waals surface area contributed by atoms with Crippen LogP contribution in [0.25, 0.3) is 0 Å². The molecule has 216 valence electrons. The first-order chi connectivity index (χ1) is 20.2. The molecule has 3 fully saturated rings. The Kier molecular flexibility index (Phi) is 6.57. The molecule has 2 amide bonds. The van der Waals surface area contributed by atoms with Crippen LogP contribution < -0.4 is 10.2 Å². The highest BCUT2D eigenvalue weighted by atomic mass is 35.5. The molecular weight excluding hydrogens is 580 g/mol. The lowest BCUT2D eigenvalue weighted by Gasteiger charge is -2.43. The van der Waals surface area contributed by atoms with Crippen molar-refractivity contribution in [2.45, 2.75) is 36.8 Å². The van der Waals surface area contributed by atoms with Crippen molar-refractivity contribution in [3.63, 3.8) is 0 Å². The topological polar surface area (TPSA) is 78.9 Å². The number of amides is 2. The maximum atomic E-state index is 16.0. The smallest absolute Gasteiger partial charge is 0.337 e. The molecule has 3 heterocycles. The molecule has 42 heavy (non-hydrogen) atoms. The lowest BCUT2D eigenvalue weighted by atomic mass is 9.71. The maximum absolute atomic E-state index is 16.0. The van der Waals surface area contributed by atoms with Crippen molar-refractivity contribution < 1.29 is 23.5 Å². The molecule has 0 radical (unpaired) electrons. The van der Waals surface area contributed by atoms with Gasteiger partial charge in [0.05, 0.1) is 23.6 Å². The zero-order chi connectivity index (χ0) is 29.3. The summed E-state index contributed by atoms with van der Waals surface area (Å²) in [5, 5.41) is 3.43. The normalized spacial score (nSPS) is 26.8. The number of nitrogens with one attached hydrogen (secondary N) is 1. The Morgan fingerprint density at radius 1 is 1.10 bits per heavy atom. The molecule has 0 bridgehead atoms. The predicted octanol–water partition coefficient (Wildman–Crippen LogP) is 6.00. The summed E-state index contributed by atoms with van der Waals surface area (Å²) >= 11 is 12.6. The Morgan fingerprint density at radius 3 is 2.55 bits per heavy atom. The number of carbonyl (C=O) groups excluding carboxylic acids is 3. The minimum absolute atomic E-state index is 0.0629. The highest BCUT2D eigenvalue weighted by molar-refractivity contribution is 6.31. The molecule has 0 unspecified atom stereocenters. The van der Waals surface area contributed by atoms with E-state index in [-0.39, 0.29) is 28.4 Å². The van der Waals surface area contributed by atoms with Crippen molar-refractivity contribution in [2.24, 2.45) is 11.8 Å². The zero-order valence-electron chi connectivity index (χ0n) is 22.8. The van der Waals surface area contributed by atoms with Gasteiger partial charge < -0.3 is 15.0 Å². The fourth-order valence-electron chi connectivity index (χ4n) is 7.52. The van der Waals surface area contributed by atoms with E-state index in [1.54, 1.807) is 53.4 Å². The van der Waals surface area contributed by atoms with Gasteiger partial charge in [-0.1, -0.05) is 47.8 Å². The van der Waals surface area contributed by atoms with Crippen LogP contribution >= 0.6 is 23.2 Å². The standard InChI is InChI=1S/C32H28Cl2FN3O4/c1-42-30(40)18-8-11-20(12-9-18)37-16-25-26(29(37)39)27(21-6-3-7-23(34)28(21)35)32(38(25)15-17-4-2-5-17)22-13-10-19(33)14-24(22)36-31(32)41/h3,6-14,17,25-27H,2,4-5,15-16H2,1H3,(H,36,41)/t25-,26+,27-,32+/m1/s1. The molecule has 4 atom stereocenters. The molecule has 1 N–H and O–H groups in total.